The Labute approximate surface area is 218 Å². The molecular weight excluding hydrogens is 480 g/mol. The van der Waals surface area contributed by atoms with Crippen molar-refractivity contribution in [1.29, 1.82) is 0 Å². The molecular formula is C27H37ClN4O4. The number of aryl methyl sites for hydroxylation is 1. The lowest BCUT2D eigenvalue weighted by Gasteiger charge is -2.42. The van der Waals surface area contributed by atoms with Crippen molar-refractivity contribution in [3.05, 3.63) is 46.7 Å². The molecule has 2 amide bonds. The third kappa shape index (κ3) is 6.21. The molecule has 0 spiro atoms. The number of rotatable bonds is 8. The van der Waals surface area contributed by atoms with E-state index in [1.807, 2.05) is 34.9 Å². The van der Waals surface area contributed by atoms with E-state index in [2.05, 4.69) is 18.9 Å². The molecule has 0 radical (unpaired) electrons. The number of amides is 2. The van der Waals surface area contributed by atoms with E-state index < -0.39 is 0 Å². The summed E-state index contributed by atoms with van der Waals surface area (Å²) in [6.07, 6.45) is 1.78. The number of morpholine rings is 1. The van der Waals surface area contributed by atoms with Crippen molar-refractivity contribution in [2.75, 3.05) is 46.0 Å². The number of likely N-dealkylation sites (tertiary alicyclic amines) is 1. The minimum Gasteiger partial charge on any atom is -0.493 e. The second-order valence-corrected chi connectivity index (χ2v) is 10.6. The van der Waals surface area contributed by atoms with Gasteiger partial charge in [-0.3, -0.25) is 14.3 Å². The van der Waals surface area contributed by atoms with Crippen LogP contribution in [0, 0.1) is 5.41 Å². The number of benzene rings is 1. The quantitative estimate of drug-likeness (QED) is 0.524. The van der Waals surface area contributed by atoms with Gasteiger partial charge in [-0.25, -0.2) is 0 Å². The van der Waals surface area contributed by atoms with E-state index in [0.29, 0.717) is 82.5 Å². The Bertz CT molecular complexity index is 1040. The van der Waals surface area contributed by atoms with Gasteiger partial charge in [0.05, 0.1) is 25.5 Å². The molecule has 0 saturated carbocycles. The molecule has 2 aromatic rings. The van der Waals surface area contributed by atoms with Crippen molar-refractivity contribution in [3.63, 3.8) is 0 Å². The minimum absolute atomic E-state index is 0.00276. The lowest BCUT2D eigenvalue weighted by atomic mass is 9.75. The third-order valence-corrected chi connectivity index (χ3v) is 7.52. The second-order valence-electron chi connectivity index (χ2n) is 10.1. The number of ether oxygens (including phenoxy) is 2. The normalized spacial score (nSPS) is 17.9. The van der Waals surface area contributed by atoms with Crippen LogP contribution in [0.2, 0.25) is 5.02 Å². The molecule has 0 atom stereocenters. The van der Waals surface area contributed by atoms with Gasteiger partial charge in [0.2, 0.25) is 5.91 Å². The number of halogens is 1. The third-order valence-electron chi connectivity index (χ3n) is 7.27. The highest BCUT2D eigenvalue weighted by molar-refractivity contribution is 6.30. The highest BCUT2D eigenvalue weighted by Gasteiger charge is 2.40. The Morgan fingerprint density at radius 1 is 1.08 bits per heavy atom. The van der Waals surface area contributed by atoms with Gasteiger partial charge < -0.3 is 19.3 Å². The fourth-order valence-electron chi connectivity index (χ4n) is 4.86. The molecule has 0 N–H and O–H groups in total. The SMILES string of the molecule is CCn1nc(C(C)C)cc1C(=O)N1CCC(COc2ccc(Cl)cc2)(CC(=O)N2CCOCC2)CC1. The molecule has 2 aliphatic rings. The number of carbonyl (C=O) groups is 2. The van der Waals surface area contributed by atoms with Crippen molar-refractivity contribution >= 4 is 23.4 Å². The summed E-state index contributed by atoms with van der Waals surface area (Å²) in [5, 5.41) is 5.26. The summed E-state index contributed by atoms with van der Waals surface area (Å²) in [7, 11) is 0. The summed E-state index contributed by atoms with van der Waals surface area (Å²) >= 11 is 6.02. The van der Waals surface area contributed by atoms with Crippen LogP contribution in [0.5, 0.6) is 5.75 Å². The van der Waals surface area contributed by atoms with Crippen LogP contribution < -0.4 is 4.74 Å². The smallest absolute Gasteiger partial charge is 0.272 e. The first-order valence-corrected chi connectivity index (χ1v) is 13.3. The maximum Gasteiger partial charge on any atom is 0.272 e. The van der Waals surface area contributed by atoms with E-state index in [1.54, 1.807) is 16.8 Å². The zero-order chi connectivity index (χ0) is 25.7. The Morgan fingerprint density at radius 3 is 2.36 bits per heavy atom. The van der Waals surface area contributed by atoms with E-state index in [-0.39, 0.29) is 23.1 Å². The summed E-state index contributed by atoms with van der Waals surface area (Å²) in [6, 6.07) is 9.20. The van der Waals surface area contributed by atoms with Crippen molar-refractivity contribution in [2.45, 2.75) is 52.5 Å². The Balaban J connectivity index is 1.47. The summed E-state index contributed by atoms with van der Waals surface area (Å²) in [6.45, 7) is 10.8. The van der Waals surface area contributed by atoms with E-state index in [9.17, 15) is 9.59 Å². The van der Waals surface area contributed by atoms with Crippen LogP contribution in [-0.4, -0.2) is 77.4 Å². The van der Waals surface area contributed by atoms with Crippen LogP contribution in [0.4, 0.5) is 0 Å². The van der Waals surface area contributed by atoms with Crippen molar-refractivity contribution in [1.82, 2.24) is 19.6 Å². The lowest BCUT2D eigenvalue weighted by Crippen LogP contribution is -2.49. The monoisotopic (exact) mass is 516 g/mol. The van der Waals surface area contributed by atoms with Crippen LogP contribution in [0.15, 0.2) is 30.3 Å². The standard InChI is InChI=1S/C27H37ClN4O4/c1-4-32-24(17-23(29-32)20(2)3)26(34)31-11-9-27(10-12-31,18-25(33)30-13-15-35-16-14-30)19-36-22-7-5-21(28)6-8-22/h5-8,17,20H,4,9-16,18-19H2,1-3H3. The van der Waals surface area contributed by atoms with Gasteiger partial charge in [0, 0.05) is 49.6 Å². The topological polar surface area (TPSA) is 76.9 Å². The van der Waals surface area contributed by atoms with Crippen LogP contribution >= 0.6 is 11.6 Å². The molecule has 196 valence electrons. The predicted octanol–water partition coefficient (Wildman–Crippen LogP) is 4.23. The zero-order valence-corrected chi connectivity index (χ0v) is 22.3. The predicted molar refractivity (Wildman–Crippen MR) is 139 cm³/mol. The number of piperidine rings is 1. The molecule has 8 nitrogen and oxygen atoms in total. The summed E-state index contributed by atoms with van der Waals surface area (Å²) < 4.78 is 13.4. The molecule has 0 unspecified atom stereocenters. The molecule has 0 bridgehead atoms. The van der Waals surface area contributed by atoms with Crippen molar-refractivity contribution in [3.8, 4) is 5.75 Å². The molecule has 36 heavy (non-hydrogen) atoms. The van der Waals surface area contributed by atoms with Crippen LogP contribution in [0.1, 0.15) is 62.1 Å². The molecule has 3 heterocycles. The molecule has 2 fully saturated rings. The summed E-state index contributed by atoms with van der Waals surface area (Å²) in [5.74, 6) is 1.12. The van der Waals surface area contributed by atoms with Crippen molar-refractivity contribution in [2.24, 2.45) is 5.41 Å². The first-order valence-electron chi connectivity index (χ1n) is 12.9. The molecule has 9 heteroatoms. The largest absolute Gasteiger partial charge is 0.493 e. The van der Waals surface area contributed by atoms with Gasteiger partial charge in [-0.1, -0.05) is 25.4 Å². The van der Waals surface area contributed by atoms with E-state index in [4.69, 9.17) is 21.1 Å². The number of aromatic nitrogens is 2. The summed E-state index contributed by atoms with van der Waals surface area (Å²) in [5.41, 5.74) is 1.22. The van der Waals surface area contributed by atoms with Crippen LogP contribution in [0.3, 0.4) is 0 Å². The average molecular weight is 517 g/mol. The first-order chi connectivity index (χ1) is 17.3. The highest BCUT2D eigenvalue weighted by atomic mass is 35.5. The number of nitrogens with zero attached hydrogens (tertiary/aromatic N) is 4. The lowest BCUT2D eigenvalue weighted by molar-refractivity contribution is -0.139. The minimum atomic E-state index is -0.347. The molecule has 0 aliphatic carbocycles. The van der Waals surface area contributed by atoms with Crippen LogP contribution in [-0.2, 0) is 16.1 Å². The number of hydrogen-bond donors (Lipinski definition) is 0. The van der Waals surface area contributed by atoms with Gasteiger partial charge in [0.25, 0.3) is 5.91 Å². The highest BCUT2D eigenvalue weighted by Crippen LogP contribution is 2.37. The maximum absolute atomic E-state index is 13.4. The van der Waals surface area contributed by atoms with Gasteiger partial charge >= 0.3 is 0 Å². The van der Waals surface area contributed by atoms with Gasteiger partial charge in [-0.15, -0.1) is 0 Å². The summed E-state index contributed by atoms with van der Waals surface area (Å²) in [4.78, 5) is 30.4. The second kappa shape index (κ2) is 11.6. The molecule has 4 rings (SSSR count). The van der Waals surface area contributed by atoms with Gasteiger partial charge in [0.15, 0.2) is 0 Å². The molecule has 1 aromatic carbocycles. The Morgan fingerprint density at radius 2 is 1.75 bits per heavy atom. The number of hydrogen-bond acceptors (Lipinski definition) is 5. The van der Waals surface area contributed by atoms with E-state index in [1.165, 1.54) is 0 Å². The van der Waals surface area contributed by atoms with Crippen LogP contribution in [0.25, 0.3) is 0 Å². The molecule has 2 saturated heterocycles. The fraction of sp³-hybridized carbons (Fsp3) is 0.593. The van der Waals surface area contributed by atoms with Gasteiger partial charge in [0.1, 0.15) is 11.4 Å². The fourth-order valence-corrected chi connectivity index (χ4v) is 4.99. The maximum atomic E-state index is 13.4. The first kappa shape index (κ1) is 26.5. The van der Waals surface area contributed by atoms with Crippen molar-refractivity contribution < 1.29 is 19.1 Å². The van der Waals surface area contributed by atoms with Gasteiger partial charge in [-0.05, 0) is 56.0 Å². The Kier molecular flexibility index (Phi) is 8.57. The molecule has 1 aromatic heterocycles. The van der Waals surface area contributed by atoms with Gasteiger partial charge in [-0.2, -0.15) is 5.10 Å². The zero-order valence-electron chi connectivity index (χ0n) is 21.5. The van der Waals surface area contributed by atoms with E-state index >= 15 is 0 Å². The van der Waals surface area contributed by atoms with E-state index in [0.717, 1.165) is 11.4 Å². The number of carbonyl (C=O) groups excluding carboxylic acids is 2. The molecule has 2 aliphatic heterocycles. The average Bonchev–Trinajstić information content (AvgIpc) is 3.34. The Hall–Kier alpha value is -2.58.